The standard InChI is InChI=1S/C15H22N2O2/c1-15(2,3)16-10-13(18)14-9-12(17-19-14)11-7-5-4-6-8-11/h4-8,13-14,16,18H,9-10H2,1-3H3/t13-,14+/m0/s1. The summed E-state index contributed by atoms with van der Waals surface area (Å²) in [6.45, 7) is 6.72. The number of oxime groups is 1. The second kappa shape index (κ2) is 5.72. The number of rotatable bonds is 4. The van der Waals surface area contributed by atoms with Crippen molar-refractivity contribution < 1.29 is 9.94 Å². The van der Waals surface area contributed by atoms with Gasteiger partial charge in [-0.05, 0) is 26.3 Å². The van der Waals surface area contributed by atoms with Crippen LogP contribution in [-0.2, 0) is 4.84 Å². The molecule has 0 saturated carbocycles. The van der Waals surface area contributed by atoms with Crippen LogP contribution in [0.3, 0.4) is 0 Å². The van der Waals surface area contributed by atoms with Crippen molar-refractivity contribution in [3.63, 3.8) is 0 Å². The van der Waals surface area contributed by atoms with Crippen LogP contribution in [0, 0.1) is 0 Å². The van der Waals surface area contributed by atoms with Crippen LogP contribution < -0.4 is 5.32 Å². The van der Waals surface area contributed by atoms with Crippen molar-refractivity contribution in [3.8, 4) is 0 Å². The summed E-state index contributed by atoms with van der Waals surface area (Å²) < 4.78 is 0. The molecule has 0 unspecified atom stereocenters. The Kier molecular flexibility index (Phi) is 4.22. The molecule has 0 amide bonds. The van der Waals surface area contributed by atoms with Crippen molar-refractivity contribution >= 4 is 5.71 Å². The van der Waals surface area contributed by atoms with Crippen LogP contribution in [-0.4, -0.2) is 35.1 Å². The summed E-state index contributed by atoms with van der Waals surface area (Å²) in [4.78, 5) is 5.34. The number of aliphatic hydroxyl groups excluding tert-OH is 1. The van der Waals surface area contributed by atoms with Crippen molar-refractivity contribution in [2.24, 2.45) is 5.16 Å². The Morgan fingerprint density at radius 1 is 1.37 bits per heavy atom. The second-order valence-electron chi connectivity index (χ2n) is 5.95. The van der Waals surface area contributed by atoms with Crippen molar-refractivity contribution in [1.82, 2.24) is 5.32 Å². The maximum Gasteiger partial charge on any atom is 0.160 e. The summed E-state index contributed by atoms with van der Waals surface area (Å²) in [7, 11) is 0. The van der Waals surface area contributed by atoms with Crippen LogP contribution in [0.25, 0.3) is 0 Å². The molecule has 0 bridgehead atoms. The Morgan fingerprint density at radius 2 is 2.05 bits per heavy atom. The molecule has 2 N–H and O–H groups in total. The lowest BCUT2D eigenvalue weighted by Gasteiger charge is -2.24. The van der Waals surface area contributed by atoms with E-state index < -0.39 is 6.10 Å². The van der Waals surface area contributed by atoms with Gasteiger partial charge >= 0.3 is 0 Å². The number of benzene rings is 1. The molecule has 0 fully saturated rings. The van der Waals surface area contributed by atoms with Crippen LogP contribution >= 0.6 is 0 Å². The molecule has 4 nitrogen and oxygen atoms in total. The fourth-order valence-electron chi connectivity index (χ4n) is 1.95. The second-order valence-corrected chi connectivity index (χ2v) is 5.95. The third-order valence-electron chi connectivity index (χ3n) is 3.07. The Balaban J connectivity index is 1.87. The summed E-state index contributed by atoms with van der Waals surface area (Å²) in [5.41, 5.74) is 1.95. The molecule has 1 aromatic carbocycles. The van der Waals surface area contributed by atoms with Crippen LogP contribution in [0.5, 0.6) is 0 Å². The van der Waals surface area contributed by atoms with Gasteiger partial charge < -0.3 is 15.3 Å². The summed E-state index contributed by atoms with van der Waals surface area (Å²) in [6, 6.07) is 9.93. The lowest BCUT2D eigenvalue weighted by Crippen LogP contribution is -2.44. The lowest BCUT2D eigenvalue weighted by molar-refractivity contribution is -0.0181. The molecule has 1 aliphatic rings. The lowest BCUT2D eigenvalue weighted by atomic mass is 10.0. The number of nitrogens with one attached hydrogen (secondary N) is 1. The van der Waals surface area contributed by atoms with E-state index in [1.54, 1.807) is 0 Å². The minimum absolute atomic E-state index is 0.0112. The molecule has 2 rings (SSSR count). The number of β-amino-alcohol motifs (C(OH)–C–C–N with tert-alkyl or cyclic N) is 1. The normalized spacial score (nSPS) is 20.8. The zero-order valence-electron chi connectivity index (χ0n) is 11.8. The van der Waals surface area contributed by atoms with Gasteiger partial charge in [-0.1, -0.05) is 35.5 Å². The topological polar surface area (TPSA) is 53.8 Å². The van der Waals surface area contributed by atoms with Crippen molar-refractivity contribution in [3.05, 3.63) is 35.9 Å². The quantitative estimate of drug-likeness (QED) is 0.871. The maximum absolute atomic E-state index is 10.1. The predicted octanol–water partition coefficient (Wildman–Crippen LogP) is 1.93. The van der Waals surface area contributed by atoms with Crippen LogP contribution in [0.15, 0.2) is 35.5 Å². The molecule has 0 radical (unpaired) electrons. The molecule has 19 heavy (non-hydrogen) atoms. The largest absolute Gasteiger partial charge is 0.389 e. The van der Waals surface area contributed by atoms with Crippen molar-refractivity contribution in [2.75, 3.05) is 6.54 Å². The number of hydrogen-bond acceptors (Lipinski definition) is 4. The maximum atomic E-state index is 10.1. The fraction of sp³-hybridized carbons (Fsp3) is 0.533. The highest BCUT2D eigenvalue weighted by molar-refractivity contribution is 6.01. The Morgan fingerprint density at radius 3 is 2.68 bits per heavy atom. The van der Waals surface area contributed by atoms with Crippen molar-refractivity contribution in [1.29, 1.82) is 0 Å². The van der Waals surface area contributed by atoms with Gasteiger partial charge in [-0.25, -0.2) is 0 Å². The molecule has 2 atom stereocenters. The molecule has 104 valence electrons. The molecule has 0 aliphatic carbocycles. The summed E-state index contributed by atoms with van der Waals surface area (Å²) in [5, 5.41) is 17.5. The Hall–Kier alpha value is -1.39. The van der Waals surface area contributed by atoms with Gasteiger partial charge in [-0.3, -0.25) is 0 Å². The molecular formula is C15H22N2O2. The van der Waals surface area contributed by atoms with Gasteiger partial charge in [0.25, 0.3) is 0 Å². The van der Waals surface area contributed by atoms with E-state index in [9.17, 15) is 5.11 Å². The van der Waals surface area contributed by atoms with Gasteiger partial charge in [-0.15, -0.1) is 0 Å². The molecule has 1 heterocycles. The smallest absolute Gasteiger partial charge is 0.160 e. The summed E-state index contributed by atoms with van der Waals surface area (Å²) in [5.74, 6) is 0. The molecular weight excluding hydrogens is 240 g/mol. The van der Waals surface area contributed by atoms with Gasteiger partial charge in [-0.2, -0.15) is 0 Å². The summed E-state index contributed by atoms with van der Waals surface area (Å²) in [6.07, 6.45) is -0.161. The molecule has 1 aromatic rings. The zero-order valence-corrected chi connectivity index (χ0v) is 11.8. The first kappa shape index (κ1) is 14.0. The van der Waals surface area contributed by atoms with Crippen molar-refractivity contribution in [2.45, 2.75) is 44.9 Å². The van der Waals surface area contributed by atoms with Crippen LogP contribution in [0.2, 0.25) is 0 Å². The van der Waals surface area contributed by atoms with Gasteiger partial charge in [0.1, 0.15) is 6.10 Å². The molecule has 0 aromatic heterocycles. The minimum atomic E-state index is -0.552. The number of hydrogen-bond donors (Lipinski definition) is 2. The highest BCUT2D eigenvalue weighted by Crippen LogP contribution is 2.19. The Bertz CT molecular complexity index is 437. The fourth-order valence-corrected chi connectivity index (χ4v) is 1.95. The first-order chi connectivity index (χ1) is 8.96. The van der Waals surface area contributed by atoms with E-state index in [0.29, 0.717) is 13.0 Å². The number of nitrogens with zero attached hydrogens (tertiary/aromatic N) is 1. The SMILES string of the molecule is CC(C)(C)NC[C@H](O)[C@H]1CC(c2ccccc2)=NO1. The van der Waals surface area contributed by atoms with E-state index in [4.69, 9.17) is 4.84 Å². The predicted molar refractivity (Wildman–Crippen MR) is 76.2 cm³/mol. The van der Waals surface area contributed by atoms with E-state index in [1.165, 1.54) is 0 Å². The van der Waals surface area contributed by atoms with E-state index in [0.717, 1.165) is 11.3 Å². The van der Waals surface area contributed by atoms with Gasteiger partial charge in [0.2, 0.25) is 0 Å². The monoisotopic (exact) mass is 262 g/mol. The zero-order chi connectivity index (χ0) is 13.9. The van der Waals surface area contributed by atoms with E-state index in [-0.39, 0.29) is 11.6 Å². The average molecular weight is 262 g/mol. The Labute approximate surface area is 114 Å². The van der Waals surface area contributed by atoms with E-state index >= 15 is 0 Å². The highest BCUT2D eigenvalue weighted by atomic mass is 16.7. The average Bonchev–Trinajstić information content (AvgIpc) is 2.86. The number of aliphatic hydroxyl groups is 1. The third kappa shape index (κ3) is 4.04. The third-order valence-corrected chi connectivity index (χ3v) is 3.07. The van der Waals surface area contributed by atoms with Gasteiger partial charge in [0.15, 0.2) is 6.10 Å². The summed E-state index contributed by atoms with van der Waals surface area (Å²) >= 11 is 0. The molecule has 4 heteroatoms. The van der Waals surface area contributed by atoms with Gasteiger partial charge in [0, 0.05) is 18.5 Å². The molecule has 1 aliphatic heterocycles. The van der Waals surface area contributed by atoms with Crippen LogP contribution in [0.1, 0.15) is 32.8 Å². The van der Waals surface area contributed by atoms with E-state index in [2.05, 4.69) is 31.2 Å². The minimum Gasteiger partial charge on any atom is -0.389 e. The first-order valence-corrected chi connectivity index (χ1v) is 6.67. The van der Waals surface area contributed by atoms with Gasteiger partial charge in [0.05, 0.1) is 5.71 Å². The van der Waals surface area contributed by atoms with E-state index in [1.807, 2.05) is 30.3 Å². The molecule has 0 spiro atoms. The first-order valence-electron chi connectivity index (χ1n) is 6.67. The highest BCUT2D eigenvalue weighted by Gasteiger charge is 2.29. The molecule has 0 saturated heterocycles. The van der Waals surface area contributed by atoms with Crippen LogP contribution in [0.4, 0.5) is 0 Å².